The highest BCUT2D eigenvalue weighted by Crippen LogP contribution is 2.27. The first-order valence-corrected chi connectivity index (χ1v) is 4.63. The highest BCUT2D eigenvalue weighted by atomic mass is 32.2. The van der Waals surface area contributed by atoms with E-state index in [2.05, 4.69) is 11.6 Å². The first-order chi connectivity index (χ1) is 4.36. The van der Waals surface area contributed by atoms with Crippen molar-refractivity contribution in [3.05, 3.63) is 11.4 Å². The molecule has 0 saturated carbocycles. The molecule has 0 bridgehead atoms. The van der Waals surface area contributed by atoms with Gasteiger partial charge in [0.25, 0.3) is 0 Å². The van der Waals surface area contributed by atoms with Gasteiger partial charge in [-0.25, -0.2) is 0 Å². The molecule has 1 aromatic rings. The number of methoxy groups -OCH3 is 1. The molecule has 1 heterocycles. The molecule has 0 aromatic carbocycles. The number of thiophene rings is 1. The standard InChI is InChI=1S/C6H8OS2/c1-7-6-3-5(8-2)4-9-6/h3-4H,1-2H3. The Balaban J connectivity index is 2.74. The highest BCUT2D eigenvalue weighted by molar-refractivity contribution is 7.98. The quantitative estimate of drug-likeness (QED) is 0.615. The minimum atomic E-state index is 0.986. The van der Waals surface area contributed by atoms with Gasteiger partial charge in [0.05, 0.1) is 7.11 Å². The van der Waals surface area contributed by atoms with E-state index in [0.29, 0.717) is 0 Å². The predicted octanol–water partition coefficient (Wildman–Crippen LogP) is 2.48. The molecule has 1 rings (SSSR count). The maximum absolute atomic E-state index is 5.00. The molecule has 0 amide bonds. The predicted molar refractivity (Wildman–Crippen MR) is 42.7 cm³/mol. The van der Waals surface area contributed by atoms with Crippen LogP contribution in [0.25, 0.3) is 0 Å². The van der Waals surface area contributed by atoms with Crippen molar-refractivity contribution >= 4 is 23.1 Å². The molecule has 3 heteroatoms. The third kappa shape index (κ3) is 1.63. The Morgan fingerprint density at radius 3 is 2.78 bits per heavy atom. The highest BCUT2D eigenvalue weighted by Gasteiger charge is 1.95. The van der Waals surface area contributed by atoms with Gasteiger partial charge in [0.2, 0.25) is 0 Å². The van der Waals surface area contributed by atoms with Crippen LogP contribution < -0.4 is 4.74 Å². The summed E-state index contributed by atoms with van der Waals surface area (Å²) in [6.07, 6.45) is 2.06. The summed E-state index contributed by atoms with van der Waals surface area (Å²) >= 11 is 3.37. The summed E-state index contributed by atoms with van der Waals surface area (Å²) in [5.74, 6) is 0. The van der Waals surface area contributed by atoms with Gasteiger partial charge in [-0.15, -0.1) is 23.1 Å². The number of rotatable bonds is 2. The van der Waals surface area contributed by atoms with Crippen LogP contribution in [0.5, 0.6) is 5.06 Å². The zero-order chi connectivity index (χ0) is 6.69. The van der Waals surface area contributed by atoms with E-state index in [9.17, 15) is 0 Å². The maximum atomic E-state index is 5.00. The van der Waals surface area contributed by atoms with Crippen molar-refractivity contribution in [3.63, 3.8) is 0 Å². The van der Waals surface area contributed by atoms with E-state index in [1.165, 1.54) is 4.90 Å². The molecule has 0 aliphatic carbocycles. The van der Waals surface area contributed by atoms with Crippen molar-refractivity contribution in [3.8, 4) is 5.06 Å². The SMILES string of the molecule is COc1cc(SC)cs1. The lowest BCUT2D eigenvalue weighted by atomic mass is 10.6. The summed E-state index contributed by atoms with van der Waals surface area (Å²) in [6, 6.07) is 2.04. The fourth-order valence-electron chi connectivity index (χ4n) is 0.514. The third-order valence-electron chi connectivity index (χ3n) is 0.988. The molecule has 50 valence electrons. The first kappa shape index (κ1) is 6.96. The number of hydrogen-bond acceptors (Lipinski definition) is 3. The summed E-state index contributed by atoms with van der Waals surface area (Å²) in [4.78, 5) is 1.27. The lowest BCUT2D eigenvalue weighted by Crippen LogP contribution is -1.73. The zero-order valence-corrected chi connectivity index (χ0v) is 7.01. The second kappa shape index (κ2) is 3.13. The molecule has 0 aliphatic rings. The van der Waals surface area contributed by atoms with E-state index in [4.69, 9.17) is 4.74 Å². The van der Waals surface area contributed by atoms with Gasteiger partial charge in [0.15, 0.2) is 5.06 Å². The van der Waals surface area contributed by atoms with Gasteiger partial charge in [0.1, 0.15) is 0 Å². The number of hydrogen-bond donors (Lipinski definition) is 0. The average molecular weight is 160 g/mol. The summed E-state index contributed by atoms with van der Waals surface area (Å²) in [5.41, 5.74) is 0. The zero-order valence-electron chi connectivity index (χ0n) is 5.38. The molecule has 0 radical (unpaired) electrons. The Bertz CT molecular complexity index is 164. The van der Waals surface area contributed by atoms with Crippen molar-refractivity contribution in [1.29, 1.82) is 0 Å². The van der Waals surface area contributed by atoms with Crippen LogP contribution in [0, 0.1) is 0 Å². The van der Waals surface area contributed by atoms with Crippen LogP contribution in [0.2, 0.25) is 0 Å². The van der Waals surface area contributed by atoms with Crippen molar-refractivity contribution in [2.75, 3.05) is 13.4 Å². The second-order valence-electron chi connectivity index (χ2n) is 1.51. The normalized spacial score (nSPS) is 9.56. The molecule has 0 unspecified atom stereocenters. The second-order valence-corrected chi connectivity index (χ2v) is 3.26. The van der Waals surface area contributed by atoms with Gasteiger partial charge >= 0.3 is 0 Å². The Morgan fingerprint density at radius 2 is 2.44 bits per heavy atom. The van der Waals surface area contributed by atoms with E-state index in [-0.39, 0.29) is 0 Å². The molecule has 0 saturated heterocycles. The molecular formula is C6H8OS2. The Kier molecular flexibility index (Phi) is 2.42. The Labute approximate surface area is 63.0 Å². The Hall–Kier alpha value is -0.150. The van der Waals surface area contributed by atoms with Crippen molar-refractivity contribution in [2.24, 2.45) is 0 Å². The summed E-state index contributed by atoms with van der Waals surface area (Å²) in [6.45, 7) is 0. The van der Waals surface area contributed by atoms with Crippen molar-refractivity contribution in [2.45, 2.75) is 4.90 Å². The molecule has 0 aliphatic heterocycles. The van der Waals surface area contributed by atoms with Gasteiger partial charge in [-0.05, 0) is 6.26 Å². The van der Waals surface area contributed by atoms with E-state index in [1.807, 2.05) is 6.07 Å². The van der Waals surface area contributed by atoms with Crippen molar-refractivity contribution in [1.82, 2.24) is 0 Å². The van der Waals surface area contributed by atoms with Crippen LogP contribution in [-0.2, 0) is 0 Å². The van der Waals surface area contributed by atoms with E-state index < -0.39 is 0 Å². The maximum Gasteiger partial charge on any atom is 0.174 e. The minimum absolute atomic E-state index is 0.986. The monoisotopic (exact) mass is 160 g/mol. The van der Waals surface area contributed by atoms with Gasteiger partial charge in [0, 0.05) is 16.3 Å². The van der Waals surface area contributed by atoms with Gasteiger partial charge < -0.3 is 4.74 Å². The van der Waals surface area contributed by atoms with Crippen LogP contribution >= 0.6 is 23.1 Å². The van der Waals surface area contributed by atoms with Gasteiger partial charge in [-0.2, -0.15) is 0 Å². The largest absolute Gasteiger partial charge is 0.487 e. The molecular weight excluding hydrogens is 152 g/mol. The van der Waals surface area contributed by atoms with E-state index >= 15 is 0 Å². The fourth-order valence-corrected chi connectivity index (χ4v) is 1.93. The third-order valence-corrected chi connectivity index (χ3v) is 2.73. The molecule has 1 nitrogen and oxygen atoms in total. The van der Waals surface area contributed by atoms with E-state index in [0.717, 1.165) is 5.06 Å². The van der Waals surface area contributed by atoms with Gasteiger partial charge in [-0.3, -0.25) is 0 Å². The molecule has 0 fully saturated rings. The lowest BCUT2D eigenvalue weighted by molar-refractivity contribution is 0.426. The molecule has 0 N–H and O–H groups in total. The molecule has 9 heavy (non-hydrogen) atoms. The summed E-state index contributed by atoms with van der Waals surface area (Å²) in [7, 11) is 1.69. The van der Waals surface area contributed by atoms with Crippen LogP contribution in [0.4, 0.5) is 0 Å². The van der Waals surface area contributed by atoms with Crippen LogP contribution in [0.15, 0.2) is 16.3 Å². The lowest BCUT2D eigenvalue weighted by Gasteiger charge is -1.87. The molecule has 1 aromatic heterocycles. The van der Waals surface area contributed by atoms with Gasteiger partial charge in [-0.1, -0.05) is 0 Å². The first-order valence-electron chi connectivity index (χ1n) is 2.53. The minimum Gasteiger partial charge on any atom is -0.487 e. The summed E-state index contributed by atoms with van der Waals surface area (Å²) in [5, 5.41) is 3.07. The fraction of sp³-hybridized carbons (Fsp3) is 0.333. The Morgan fingerprint density at radius 1 is 1.67 bits per heavy atom. The summed E-state index contributed by atoms with van der Waals surface area (Å²) < 4.78 is 5.00. The van der Waals surface area contributed by atoms with Crippen LogP contribution in [0.3, 0.4) is 0 Å². The average Bonchev–Trinajstić information content (AvgIpc) is 2.34. The molecule has 0 atom stereocenters. The topological polar surface area (TPSA) is 9.23 Å². The van der Waals surface area contributed by atoms with Crippen LogP contribution in [-0.4, -0.2) is 13.4 Å². The van der Waals surface area contributed by atoms with Crippen molar-refractivity contribution < 1.29 is 4.74 Å². The number of thioether (sulfide) groups is 1. The van der Waals surface area contributed by atoms with E-state index in [1.54, 1.807) is 30.2 Å². The number of ether oxygens (including phenoxy) is 1. The van der Waals surface area contributed by atoms with Crippen LogP contribution in [0.1, 0.15) is 0 Å². The smallest absolute Gasteiger partial charge is 0.174 e. The molecule has 0 spiro atoms.